The van der Waals surface area contributed by atoms with E-state index >= 15 is 0 Å². The average molecular weight is 301 g/mol. The minimum atomic E-state index is 0.150. The maximum absolute atomic E-state index is 9.78. The number of rotatable bonds is 8. The van der Waals surface area contributed by atoms with E-state index in [1.54, 1.807) is 12.1 Å². The van der Waals surface area contributed by atoms with Gasteiger partial charge in [0.15, 0.2) is 11.5 Å². The quantitative estimate of drug-likeness (QED) is 0.701. The van der Waals surface area contributed by atoms with Crippen molar-refractivity contribution in [3.63, 3.8) is 0 Å². The number of methoxy groups -OCH3 is 1. The van der Waals surface area contributed by atoms with Gasteiger partial charge in [-0.3, -0.25) is 0 Å². The highest BCUT2D eigenvalue weighted by molar-refractivity contribution is 5.41. The van der Waals surface area contributed by atoms with Crippen LogP contribution in [0.4, 0.5) is 0 Å². The number of nitrogens with one attached hydrogen (secondary N) is 1. The lowest BCUT2D eigenvalue weighted by Crippen LogP contribution is -2.22. The molecule has 2 rings (SSSR count). The summed E-state index contributed by atoms with van der Waals surface area (Å²) in [5, 5.41) is 22.4. The predicted octanol–water partition coefficient (Wildman–Crippen LogP) is 2.66. The summed E-state index contributed by atoms with van der Waals surface area (Å²) in [5.41, 5.74) is 2.22. The maximum atomic E-state index is 9.78. The molecule has 0 spiro atoms. The van der Waals surface area contributed by atoms with Crippen LogP contribution < -0.4 is 10.1 Å². The van der Waals surface area contributed by atoms with Crippen LogP contribution in [0.1, 0.15) is 23.5 Å². The summed E-state index contributed by atoms with van der Waals surface area (Å²) in [6.45, 7) is 1.61. The number of aromatic hydroxyl groups is 1. The van der Waals surface area contributed by atoms with Crippen LogP contribution in [0.5, 0.6) is 11.5 Å². The molecule has 0 heterocycles. The van der Waals surface area contributed by atoms with E-state index in [1.807, 2.05) is 24.3 Å². The van der Waals surface area contributed by atoms with Crippen LogP contribution in [-0.4, -0.2) is 30.5 Å². The van der Waals surface area contributed by atoms with E-state index in [2.05, 4.69) is 17.4 Å². The Morgan fingerprint density at radius 2 is 1.91 bits per heavy atom. The Balaban J connectivity index is 1.92. The molecule has 118 valence electrons. The van der Waals surface area contributed by atoms with Crippen molar-refractivity contribution in [1.29, 1.82) is 0 Å². The van der Waals surface area contributed by atoms with Crippen molar-refractivity contribution in [3.05, 3.63) is 59.7 Å². The normalized spacial score (nSPS) is 12.1. The largest absolute Gasteiger partial charge is 0.504 e. The third-order valence-electron chi connectivity index (χ3n) is 3.71. The molecule has 2 aromatic rings. The highest BCUT2D eigenvalue weighted by Gasteiger charge is 2.10. The van der Waals surface area contributed by atoms with Gasteiger partial charge in [0.05, 0.1) is 7.11 Å². The fraction of sp³-hybridized carbons (Fsp3) is 0.333. The Morgan fingerprint density at radius 1 is 1.14 bits per heavy atom. The molecule has 3 N–H and O–H groups in total. The summed E-state index contributed by atoms with van der Waals surface area (Å²) in [5.74, 6) is 0.904. The van der Waals surface area contributed by atoms with E-state index in [0.717, 1.165) is 18.5 Å². The second kappa shape index (κ2) is 8.41. The molecule has 0 aromatic heterocycles. The molecule has 0 amide bonds. The standard InChI is InChI=1S/C18H23NO3/c1-22-18-8-7-14(11-17(18)21)12-19-13-16(9-10-20)15-5-3-2-4-6-15/h2-8,11,16,19-21H,9-10,12-13H2,1H3. The summed E-state index contributed by atoms with van der Waals surface area (Å²) in [4.78, 5) is 0. The molecule has 1 atom stereocenters. The van der Waals surface area contributed by atoms with Crippen molar-refractivity contribution in [2.75, 3.05) is 20.3 Å². The Kier molecular flexibility index (Phi) is 6.25. The van der Waals surface area contributed by atoms with Crippen molar-refractivity contribution in [3.8, 4) is 11.5 Å². The molecule has 1 unspecified atom stereocenters. The molecule has 0 saturated heterocycles. The van der Waals surface area contributed by atoms with Gasteiger partial charge in [-0.1, -0.05) is 36.4 Å². The summed E-state index contributed by atoms with van der Waals surface area (Å²) in [6, 6.07) is 15.6. The Bertz CT molecular complexity index is 572. The molecule has 0 bridgehead atoms. The third-order valence-corrected chi connectivity index (χ3v) is 3.71. The minimum absolute atomic E-state index is 0.150. The zero-order chi connectivity index (χ0) is 15.8. The maximum Gasteiger partial charge on any atom is 0.160 e. The number of phenols is 1. The molecule has 0 fully saturated rings. The number of aliphatic hydroxyl groups excluding tert-OH is 1. The number of hydrogen-bond donors (Lipinski definition) is 3. The van der Waals surface area contributed by atoms with Gasteiger partial charge in [0.25, 0.3) is 0 Å². The van der Waals surface area contributed by atoms with Crippen LogP contribution in [0.25, 0.3) is 0 Å². The highest BCUT2D eigenvalue weighted by atomic mass is 16.5. The van der Waals surface area contributed by atoms with Crippen molar-refractivity contribution in [2.45, 2.75) is 18.9 Å². The van der Waals surface area contributed by atoms with Gasteiger partial charge in [0.2, 0.25) is 0 Å². The first-order valence-corrected chi connectivity index (χ1v) is 7.47. The zero-order valence-electron chi connectivity index (χ0n) is 12.8. The van der Waals surface area contributed by atoms with Crippen molar-refractivity contribution in [2.24, 2.45) is 0 Å². The van der Waals surface area contributed by atoms with Gasteiger partial charge < -0.3 is 20.3 Å². The number of ether oxygens (including phenoxy) is 1. The van der Waals surface area contributed by atoms with Gasteiger partial charge in [0, 0.05) is 19.7 Å². The molecule has 4 nitrogen and oxygen atoms in total. The average Bonchev–Trinajstić information content (AvgIpc) is 2.55. The van der Waals surface area contributed by atoms with E-state index in [4.69, 9.17) is 4.74 Å². The van der Waals surface area contributed by atoms with Crippen LogP contribution in [0.2, 0.25) is 0 Å². The van der Waals surface area contributed by atoms with Crippen LogP contribution in [0, 0.1) is 0 Å². The van der Waals surface area contributed by atoms with E-state index < -0.39 is 0 Å². The number of aliphatic hydroxyl groups is 1. The van der Waals surface area contributed by atoms with E-state index in [0.29, 0.717) is 12.3 Å². The first kappa shape index (κ1) is 16.3. The van der Waals surface area contributed by atoms with Crippen LogP contribution >= 0.6 is 0 Å². The Morgan fingerprint density at radius 3 is 2.55 bits per heavy atom. The molecule has 0 aliphatic heterocycles. The molecule has 4 heteroatoms. The lowest BCUT2D eigenvalue weighted by Gasteiger charge is -2.17. The fourth-order valence-corrected chi connectivity index (χ4v) is 2.50. The van der Waals surface area contributed by atoms with Gasteiger partial charge in [-0.2, -0.15) is 0 Å². The SMILES string of the molecule is COc1ccc(CNCC(CCO)c2ccccc2)cc1O. The molecule has 0 radical (unpaired) electrons. The molecule has 0 saturated carbocycles. The predicted molar refractivity (Wildman–Crippen MR) is 87.3 cm³/mol. The third kappa shape index (κ3) is 4.48. The van der Waals surface area contributed by atoms with Crippen molar-refractivity contribution >= 4 is 0 Å². The Hall–Kier alpha value is -2.04. The molecule has 0 aliphatic rings. The molecule has 0 aliphatic carbocycles. The number of hydrogen-bond acceptors (Lipinski definition) is 4. The molecule has 2 aromatic carbocycles. The van der Waals surface area contributed by atoms with Gasteiger partial charge in [0.1, 0.15) is 0 Å². The van der Waals surface area contributed by atoms with Gasteiger partial charge >= 0.3 is 0 Å². The van der Waals surface area contributed by atoms with Gasteiger partial charge in [-0.05, 0) is 35.6 Å². The van der Waals surface area contributed by atoms with Crippen LogP contribution in [0.3, 0.4) is 0 Å². The second-order valence-corrected chi connectivity index (χ2v) is 5.26. The summed E-state index contributed by atoms with van der Waals surface area (Å²) >= 11 is 0. The van der Waals surface area contributed by atoms with Crippen molar-refractivity contribution < 1.29 is 14.9 Å². The topological polar surface area (TPSA) is 61.7 Å². The smallest absolute Gasteiger partial charge is 0.160 e. The van der Waals surface area contributed by atoms with Gasteiger partial charge in [-0.15, -0.1) is 0 Å². The van der Waals surface area contributed by atoms with E-state index in [-0.39, 0.29) is 18.3 Å². The molecule has 22 heavy (non-hydrogen) atoms. The monoisotopic (exact) mass is 301 g/mol. The van der Waals surface area contributed by atoms with Crippen molar-refractivity contribution in [1.82, 2.24) is 5.32 Å². The zero-order valence-corrected chi connectivity index (χ0v) is 12.8. The first-order valence-electron chi connectivity index (χ1n) is 7.47. The summed E-state index contributed by atoms with van der Waals surface area (Å²) < 4.78 is 5.03. The Labute approximate surface area is 131 Å². The highest BCUT2D eigenvalue weighted by Crippen LogP contribution is 2.26. The minimum Gasteiger partial charge on any atom is -0.504 e. The molecular weight excluding hydrogens is 278 g/mol. The van der Waals surface area contributed by atoms with E-state index in [9.17, 15) is 10.2 Å². The van der Waals surface area contributed by atoms with Crippen LogP contribution in [0.15, 0.2) is 48.5 Å². The fourth-order valence-electron chi connectivity index (χ4n) is 2.50. The van der Waals surface area contributed by atoms with E-state index in [1.165, 1.54) is 12.7 Å². The summed E-state index contributed by atoms with van der Waals surface area (Å²) in [6.07, 6.45) is 0.727. The molecular formula is C18H23NO3. The van der Waals surface area contributed by atoms with Crippen LogP contribution in [-0.2, 0) is 6.54 Å². The second-order valence-electron chi connectivity index (χ2n) is 5.26. The van der Waals surface area contributed by atoms with Gasteiger partial charge in [-0.25, -0.2) is 0 Å². The number of benzene rings is 2. The number of phenolic OH excluding ortho intramolecular Hbond substituents is 1. The summed E-state index contributed by atoms with van der Waals surface area (Å²) in [7, 11) is 1.53. The lowest BCUT2D eigenvalue weighted by atomic mass is 9.96. The lowest BCUT2D eigenvalue weighted by molar-refractivity contribution is 0.273. The first-order chi connectivity index (χ1) is 10.7.